The van der Waals surface area contributed by atoms with Crippen LogP contribution >= 0.6 is 0 Å². The molecule has 1 unspecified atom stereocenters. The highest BCUT2D eigenvalue weighted by Crippen LogP contribution is 2.17. The summed E-state index contributed by atoms with van der Waals surface area (Å²) < 4.78 is 1.59. The number of rotatable bonds is 3. The molecule has 1 saturated heterocycles. The molecule has 0 spiro atoms. The van der Waals surface area contributed by atoms with Crippen molar-refractivity contribution in [1.29, 1.82) is 0 Å². The number of anilines is 1. The molecular formula is C15H20N6O. The smallest absolute Gasteiger partial charge is 0.269 e. The molecule has 22 heavy (non-hydrogen) atoms. The molecule has 3 heterocycles. The van der Waals surface area contributed by atoms with Crippen LogP contribution in [0.15, 0.2) is 24.7 Å². The third-order valence-electron chi connectivity index (χ3n) is 3.88. The van der Waals surface area contributed by atoms with Crippen molar-refractivity contribution in [3.8, 4) is 0 Å². The molecule has 1 fully saturated rings. The standard InChI is InChI=1S/C15H20N6O/c1-11-8-16-9-14(18-11)21-7-3-4-12(10-21)19-15(22)13-5-6-17-20(13)2/h5-6,8-9,12H,3-4,7,10H2,1-2H3,(H,19,22). The summed E-state index contributed by atoms with van der Waals surface area (Å²) in [4.78, 5) is 23.2. The van der Waals surface area contributed by atoms with E-state index in [2.05, 4.69) is 25.3 Å². The summed E-state index contributed by atoms with van der Waals surface area (Å²) in [5.74, 6) is 0.793. The largest absolute Gasteiger partial charge is 0.353 e. The molecule has 1 N–H and O–H groups in total. The zero-order valence-electron chi connectivity index (χ0n) is 12.9. The van der Waals surface area contributed by atoms with Gasteiger partial charge in [-0.25, -0.2) is 4.98 Å². The van der Waals surface area contributed by atoms with E-state index in [9.17, 15) is 4.79 Å². The van der Waals surface area contributed by atoms with Crippen LogP contribution < -0.4 is 10.2 Å². The molecule has 1 amide bonds. The molecule has 7 nitrogen and oxygen atoms in total. The van der Waals surface area contributed by atoms with Crippen LogP contribution in [0.4, 0.5) is 5.82 Å². The first kappa shape index (κ1) is 14.5. The zero-order valence-corrected chi connectivity index (χ0v) is 12.9. The number of nitrogens with one attached hydrogen (secondary N) is 1. The van der Waals surface area contributed by atoms with Crippen molar-refractivity contribution in [2.24, 2.45) is 7.05 Å². The minimum absolute atomic E-state index is 0.0813. The van der Waals surface area contributed by atoms with Crippen molar-refractivity contribution in [3.05, 3.63) is 36.0 Å². The Bertz CT molecular complexity index is 668. The topological polar surface area (TPSA) is 75.9 Å². The Hall–Kier alpha value is -2.44. The minimum Gasteiger partial charge on any atom is -0.353 e. The fraction of sp³-hybridized carbons (Fsp3) is 0.467. The van der Waals surface area contributed by atoms with Gasteiger partial charge >= 0.3 is 0 Å². The third kappa shape index (κ3) is 3.08. The molecule has 0 bridgehead atoms. The SMILES string of the molecule is Cc1cncc(N2CCCC(NC(=O)c3ccnn3C)C2)n1. The molecule has 0 radical (unpaired) electrons. The summed E-state index contributed by atoms with van der Waals surface area (Å²) in [6.07, 6.45) is 7.14. The first-order valence-corrected chi connectivity index (χ1v) is 7.46. The van der Waals surface area contributed by atoms with E-state index in [-0.39, 0.29) is 11.9 Å². The van der Waals surface area contributed by atoms with Crippen LogP contribution in [0.3, 0.4) is 0 Å². The summed E-state index contributed by atoms with van der Waals surface area (Å²) in [7, 11) is 1.77. The Morgan fingerprint density at radius 3 is 3.00 bits per heavy atom. The zero-order chi connectivity index (χ0) is 15.5. The van der Waals surface area contributed by atoms with Crippen molar-refractivity contribution >= 4 is 11.7 Å². The number of carbonyl (C=O) groups is 1. The second kappa shape index (κ2) is 6.13. The maximum Gasteiger partial charge on any atom is 0.269 e. The van der Waals surface area contributed by atoms with E-state index in [1.54, 1.807) is 36.4 Å². The number of hydrogen-bond acceptors (Lipinski definition) is 5. The lowest BCUT2D eigenvalue weighted by molar-refractivity contribution is 0.0923. The van der Waals surface area contributed by atoms with Gasteiger partial charge in [-0.05, 0) is 25.8 Å². The number of carbonyl (C=O) groups excluding carboxylic acids is 1. The molecule has 2 aromatic heterocycles. The minimum atomic E-state index is -0.0813. The predicted molar refractivity (Wildman–Crippen MR) is 82.7 cm³/mol. The summed E-state index contributed by atoms with van der Waals surface area (Å²) in [6.45, 7) is 3.63. The van der Waals surface area contributed by atoms with Crippen LogP contribution in [0.25, 0.3) is 0 Å². The Morgan fingerprint density at radius 1 is 1.41 bits per heavy atom. The van der Waals surface area contributed by atoms with Crippen LogP contribution in [0, 0.1) is 6.92 Å². The van der Waals surface area contributed by atoms with Crippen molar-refractivity contribution in [2.75, 3.05) is 18.0 Å². The van der Waals surface area contributed by atoms with E-state index >= 15 is 0 Å². The predicted octanol–water partition coefficient (Wildman–Crippen LogP) is 0.917. The quantitative estimate of drug-likeness (QED) is 0.912. The summed E-state index contributed by atoms with van der Waals surface area (Å²) in [6, 6.07) is 1.83. The highest BCUT2D eigenvalue weighted by Gasteiger charge is 2.23. The lowest BCUT2D eigenvalue weighted by Gasteiger charge is -2.33. The normalized spacial score (nSPS) is 18.3. The van der Waals surface area contributed by atoms with Crippen molar-refractivity contribution in [3.63, 3.8) is 0 Å². The Labute approximate surface area is 129 Å². The number of piperidine rings is 1. The average molecular weight is 300 g/mol. The van der Waals surface area contributed by atoms with Gasteiger partial charge in [0.15, 0.2) is 0 Å². The van der Waals surface area contributed by atoms with Crippen LogP contribution in [0.2, 0.25) is 0 Å². The molecule has 1 atom stereocenters. The lowest BCUT2D eigenvalue weighted by Crippen LogP contribution is -2.48. The van der Waals surface area contributed by atoms with Crippen molar-refractivity contribution in [2.45, 2.75) is 25.8 Å². The molecule has 1 aliphatic heterocycles. The van der Waals surface area contributed by atoms with Gasteiger partial charge in [-0.3, -0.25) is 14.5 Å². The van der Waals surface area contributed by atoms with Gasteiger partial charge in [0, 0.05) is 38.6 Å². The highest BCUT2D eigenvalue weighted by molar-refractivity contribution is 5.92. The molecule has 0 aromatic carbocycles. The molecule has 0 saturated carbocycles. The van der Waals surface area contributed by atoms with Crippen LogP contribution in [0.5, 0.6) is 0 Å². The van der Waals surface area contributed by atoms with Crippen molar-refractivity contribution in [1.82, 2.24) is 25.1 Å². The number of aromatic nitrogens is 4. The van der Waals surface area contributed by atoms with Gasteiger partial charge in [0.25, 0.3) is 5.91 Å². The van der Waals surface area contributed by atoms with E-state index in [4.69, 9.17) is 0 Å². The second-order valence-electron chi connectivity index (χ2n) is 5.62. The molecular weight excluding hydrogens is 280 g/mol. The first-order chi connectivity index (χ1) is 10.6. The van der Waals surface area contributed by atoms with Crippen LogP contribution in [-0.4, -0.2) is 44.8 Å². The van der Waals surface area contributed by atoms with Gasteiger partial charge in [0.05, 0.1) is 11.9 Å². The lowest BCUT2D eigenvalue weighted by atomic mass is 10.1. The Kier molecular flexibility index (Phi) is 4.04. The van der Waals surface area contributed by atoms with Gasteiger partial charge in [0.2, 0.25) is 0 Å². The molecule has 1 aliphatic rings. The van der Waals surface area contributed by atoms with Gasteiger partial charge in [-0.15, -0.1) is 0 Å². The summed E-state index contributed by atoms with van der Waals surface area (Å²) in [5.41, 5.74) is 1.48. The fourth-order valence-corrected chi connectivity index (χ4v) is 2.76. The van der Waals surface area contributed by atoms with Gasteiger partial charge in [-0.2, -0.15) is 5.10 Å². The van der Waals surface area contributed by atoms with E-state index in [1.807, 2.05) is 6.92 Å². The average Bonchev–Trinajstić information content (AvgIpc) is 2.94. The second-order valence-corrected chi connectivity index (χ2v) is 5.62. The van der Waals surface area contributed by atoms with Gasteiger partial charge < -0.3 is 10.2 Å². The Morgan fingerprint density at radius 2 is 2.27 bits per heavy atom. The number of nitrogens with zero attached hydrogens (tertiary/aromatic N) is 5. The van der Waals surface area contributed by atoms with Gasteiger partial charge in [0.1, 0.15) is 11.5 Å². The van der Waals surface area contributed by atoms with E-state index in [0.29, 0.717) is 5.69 Å². The molecule has 2 aromatic rings. The highest BCUT2D eigenvalue weighted by atomic mass is 16.2. The number of hydrogen-bond donors (Lipinski definition) is 1. The Balaban J connectivity index is 1.66. The summed E-state index contributed by atoms with van der Waals surface area (Å²) in [5, 5.41) is 7.12. The maximum absolute atomic E-state index is 12.3. The maximum atomic E-state index is 12.3. The number of aryl methyl sites for hydroxylation is 2. The van der Waals surface area contributed by atoms with E-state index < -0.39 is 0 Å². The monoisotopic (exact) mass is 300 g/mol. The molecule has 3 rings (SSSR count). The van der Waals surface area contributed by atoms with E-state index in [1.165, 1.54) is 0 Å². The summed E-state index contributed by atoms with van der Waals surface area (Å²) >= 11 is 0. The molecule has 7 heteroatoms. The molecule has 116 valence electrons. The van der Waals surface area contributed by atoms with Gasteiger partial charge in [-0.1, -0.05) is 0 Å². The fourth-order valence-electron chi connectivity index (χ4n) is 2.76. The van der Waals surface area contributed by atoms with Crippen LogP contribution in [-0.2, 0) is 7.05 Å². The third-order valence-corrected chi connectivity index (χ3v) is 3.88. The number of amides is 1. The first-order valence-electron chi connectivity index (χ1n) is 7.46. The van der Waals surface area contributed by atoms with Crippen molar-refractivity contribution < 1.29 is 4.79 Å². The van der Waals surface area contributed by atoms with Crippen LogP contribution in [0.1, 0.15) is 29.0 Å². The molecule has 0 aliphatic carbocycles. The van der Waals surface area contributed by atoms with E-state index in [0.717, 1.165) is 37.4 Å².